The van der Waals surface area contributed by atoms with Crippen molar-refractivity contribution in [1.29, 1.82) is 0 Å². The molecular formula is C24H24FN9O2. The fraction of sp³-hybridized carbons (Fsp3) is 0.292. The van der Waals surface area contributed by atoms with Crippen molar-refractivity contribution < 1.29 is 9.13 Å². The van der Waals surface area contributed by atoms with E-state index in [9.17, 15) is 4.79 Å². The number of H-pyrrole nitrogens is 2. The van der Waals surface area contributed by atoms with Crippen LogP contribution >= 0.6 is 0 Å². The molecule has 3 N–H and O–H groups in total. The van der Waals surface area contributed by atoms with Gasteiger partial charge in [0.1, 0.15) is 28.2 Å². The molecular weight excluding hydrogens is 465 g/mol. The van der Waals surface area contributed by atoms with Crippen LogP contribution in [0.15, 0.2) is 41.6 Å². The number of imidazole rings is 1. The van der Waals surface area contributed by atoms with Gasteiger partial charge < -0.3 is 24.9 Å². The van der Waals surface area contributed by atoms with E-state index in [-0.39, 0.29) is 35.1 Å². The number of nitrogens with zero attached hydrogens (tertiary/aromatic N) is 6. The third-order valence-electron chi connectivity index (χ3n) is 6.40. The highest BCUT2D eigenvalue weighted by Crippen LogP contribution is 2.33. The molecule has 12 heteroatoms. The maximum absolute atomic E-state index is 15.1. The summed E-state index contributed by atoms with van der Waals surface area (Å²) in [5.74, 6) is 0.326. The number of ether oxygens (including phenoxy) is 1. The summed E-state index contributed by atoms with van der Waals surface area (Å²) in [6, 6.07) is 5.03. The Morgan fingerprint density at radius 1 is 1.17 bits per heavy atom. The summed E-state index contributed by atoms with van der Waals surface area (Å²) in [5.41, 5.74) is 2.87. The summed E-state index contributed by atoms with van der Waals surface area (Å²) in [4.78, 5) is 34.3. The van der Waals surface area contributed by atoms with Gasteiger partial charge >= 0.3 is 0 Å². The quantitative estimate of drug-likeness (QED) is 0.318. The van der Waals surface area contributed by atoms with E-state index in [0.717, 1.165) is 5.69 Å². The monoisotopic (exact) mass is 489 g/mol. The Balaban J connectivity index is 1.46. The van der Waals surface area contributed by atoms with Gasteiger partial charge in [-0.25, -0.2) is 19.3 Å². The second kappa shape index (κ2) is 8.72. The Kier molecular flexibility index (Phi) is 5.37. The van der Waals surface area contributed by atoms with Crippen LogP contribution in [-0.4, -0.2) is 61.0 Å². The standard InChI is InChI=1S/C24H24FN9O2/c1-3-34-12-17-21(32-34)22(28-9-18-26-5-4-6-27-18)19(24(35)30-17)23-29-16-8-13(7-15(25)20(16)31-23)33-10-14(11-33)36-2/h4-8,12,14,28H,3,9-11H2,1-2H3,(H,29,31)(H,30,35). The lowest BCUT2D eigenvalue weighted by atomic mass is 10.1. The van der Waals surface area contributed by atoms with Gasteiger partial charge in [-0.15, -0.1) is 0 Å². The van der Waals surface area contributed by atoms with Crippen molar-refractivity contribution in [3.63, 3.8) is 0 Å². The Morgan fingerprint density at radius 2 is 1.97 bits per heavy atom. The van der Waals surface area contributed by atoms with E-state index in [0.29, 0.717) is 47.7 Å². The zero-order valence-electron chi connectivity index (χ0n) is 19.7. The first-order chi connectivity index (χ1) is 17.5. The van der Waals surface area contributed by atoms with Crippen LogP contribution in [0.2, 0.25) is 0 Å². The van der Waals surface area contributed by atoms with Crippen molar-refractivity contribution in [2.24, 2.45) is 0 Å². The van der Waals surface area contributed by atoms with E-state index < -0.39 is 5.82 Å². The smallest absolute Gasteiger partial charge is 0.261 e. The third-order valence-corrected chi connectivity index (χ3v) is 6.40. The molecule has 5 aromatic rings. The Hall–Kier alpha value is -4.32. The molecule has 4 aromatic heterocycles. The summed E-state index contributed by atoms with van der Waals surface area (Å²) < 4.78 is 22.1. The topological polar surface area (TPSA) is 130 Å². The average molecular weight is 490 g/mol. The Bertz CT molecular complexity index is 1620. The van der Waals surface area contributed by atoms with E-state index in [1.165, 1.54) is 6.07 Å². The lowest BCUT2D eigenvalue weighted by Gasteiger charge is -2.39. The van der Waals surface area contributed by atoms with Gasteiger partial charge in [0.25, 0.3) is 5.56 Å². The van der Waals surface area contributed by atoms with Crippen LogP contribution in [0.25, 0.3) is 33.5 Å². The minimum Gasteiger partial charge on any atom is -0.378 e. The number of benzene rings is 1. The molecule has 1 saturated heterocycles. The lowest BCUT2D eigenvalue weighted by Crippen LogP contribution is -2.51. The van der Waals surface area contributed by atoms with Gasteiger partial charge in [-0.1, -0.05) is 0 Å². The zero-order chi connectivity index (χ0) is 24.8. The third kappa shape index (κ3) is 3.75. The minimum atomic E-state index is -0.467. The molecule has 0 atom stereocenters. The van der Waals surface area contributed by atoms with Gasteiger partial charge in [-0.2, -0.15) is 5.10 Å². The Labute approximate surface area is 204 Å². The molecule has 11 nitrogen and oxygen atoms in total. The van der Waals surface area contributed by atoms with E-state index >= 15 is 4.39 Å². The van der Waals surface area contributed by atoms with Gasteiger partial charge in [0, 0.05) is 51.0 Å². The fourth-order valence-corrected chi connectivity index (χ4v) is 4.42. The van der Waals surface area contributed by atoms with E-state index in [4.69, 9.17) is 4.74 Å². The summed E-state index contributed by atoms with van der Waals surface area (Å²) in [6.45, 7) is 4.23. The van der Waals surface area contributed by atoms with Gasteiger partial charge in [0.2, 0.25) is 0 Å². The molecule has 0 bridgehead atoms. The van der Waals surface area contributed by atoms with Gasteiger partial charge in [-0.05, 0) is 25.1 Å². The highest BCUT2D eigenvalue weighted by molar-refractivity contribution is 5.96. The van der Waals surface area contributed by atoms with Crippen molar-refractivity contribution >= 4 is 33.4 Å². The van der Waals surface area contributed by atoms with Crippen LogP contribution in [0.3, 0.4) is 0 Å². The van der Waals surface area contributed by atoms with Gasteiger partial charge in [0.15, 0.2) is 5.82 Å². The number of rotatable bonds is 7. The van der Waals surface area contributed by atoms with E-state index in [1.807, 2.05) is 17.9 Å². The molecule has 1 aromatic carbocycles. The molecule has 184 valence electrons. The number of nitrogens with one attached hydrogen (secondary N) is 3. The first kappa shape index (κ1) is 22.2. The first-order valence-corrected chi connectivity index (χ1v) is 11.6. The predicted octanol–water partition coefficient (Wildman–Crippen LogP) is 2.66. The van der Waals surface area contributed by atoms with Crippen LogP contribution in [-0.2, 0) is 17.8 Å². The van der Waals surface area contributed by atoms with Crippen LogP contribution in [0.4, 0.5) is 15.8 Å². The summed E-state index contributed by atoms with van der Waals surface area (Å²) >= 11 is 0. The number of aryl methyl sites for hydroxylation is 1. The normalized spacial score (nSPS) is 14.0. The van der Waals surface area contributed by atoms with E-state index in [2.05, 4.69) is 35.3 Å². The second-order valence-corrected chi connectivity index (χ2v) is 8.64. The predicted molar refractivity (Wildman–Crippen MR) is 133 cm³/mol. The molecule has 0 aliphatic carbocycles. The maximum Gasteiger partial charge on any atom is 0.261 e. The summed E-state index contributed by atoms with van der Waals surface area (Å²) in [5, 5.41) is 7.89. The SMILES string of the molecule is CCn1cc2[nH]c(=O)c(-c3nc4c(F)cc(N5CC(OC)C5)cc4[nH]3)c(NCc3ncccn3)c2n1. The first-order valence-electron chi connectivity index (χ1n) is 11.6. The Morgan fingerprint density at radius 3 is 2.72 bits per heavy atom. The number of aromatic nitrogens is 7. The second-order valence-electron chi connectivity index (χ2n) is 8.64. The number of fused-ring (bicyclic) bond motifs is 2. The fourth-order valence-electron chi connectivity index (χ4n) is 4.42. The minimum absolute atomic E-state index is 0.136. The number of methoxy groups -OCH3 is 1. The zero-order valence-corrected chi connectivity index (χ0v) is 19.7. The molecule has 0 spiro atoms. The lowest BCUT2D eigenvalue weighted by molar-refractivity contribution is 0.0787. The van der Waals surface area contributed by atoms with Crippen LogP contribution in [0.5, 0.6) is 0 Å². The van der Waals surface area contributed by atoms with Crippen molar-refractivity contribution in [1.82, 2.24) is 34.7 Å². The molecule has 0 saturated carbocycles. The van der Waals surface area contributed by atoms with E-state index in [1.54, 1.807) is 36.4 Å². The molecule has 5 heterocycles. The number of aromatic amines is 2. The summed E-state index contributed by atoms with van der Waals surface area (Å²) in [6.07, 6.45) is 5.21. The van der Waals surface area contributed by atoms with Crippen molar-refractivity contribution in [2.75, 3.05) is 30.4 Å². The molecule has 6 rings (SSSR count). The van der Waals surface area contributed by atoms with Crippen molar-refractivity contribution in [3.05, 3.63) is 58.8 Å². The molecule has 1 aliphatic rings. The van der Waals surface area contributed by atoms with Crippen LogP contribution in [0.1, 0.15) is 12.7 Å². The maximum atomic E-state index is 15.1. The number of anilines is 2. The highest BCUT2D eigenvalue weighted by atomic mass is 19.1. The number of halogens is 1. The van der Waals surface area contributed by atoms with Crippen LogP contribution < -0.4 is 15.8 Å². The number of pyridine rings is 1. The molecule has 0 unspecified atom stereocenters. The summed E-state index contributed by atoms with van der Waals surface area (Å²) in [7, 11) is 1.67. The molecule has 0 radical (unpaired) electrons. The largest absolute Gasteiger partial charge is 0.378 e. The van der Waals surface area contributed by atoms with Gasteiger partial charge in [0.05, 0.1) is 29.4 Å². The molecule has 1 aliphatic heterocycles. The van der Waals surface area contributed by atoms with Crippen molar-refractivity contribution in [2.45, 2.75) is 26.1 Å². The molecule has 1 fully saturated rings. The number of hydrogen-bond donors (Lipinski definition) is 3. The highest BCUT2D eigenvalue weighted by Gasteiger charge is 2.28. The average Bonchev–Trinajstić information content (AvgIpc) is 3.46. The number of hydrogen-bond acceptors (Lipinski definition) is 8. The molecule has 0 amide bonds. The van der Waals surface area contributed by atoms with Crippen LogP contribution in [0, 0.1) is 5.82 Å². The van der Waals surface area contributed by atoms with Gasteiger partial charge in [-0.3, -0.25) is 9.48 Å². The van der Waals surface area contributed by atoms with Crippen molar-refractivity contribution in [3.8, 4) is 11.4 Å². The molecule has 36 heavy (non-hydrogen) atoms.